The van der Waals surface area contributed by atoms with E-state index < -0.39 is 0 Å². The maximum atomic E-state index is 5.85. The monoisotopic (exact) mass is 343 g/mol. The Morgan fingerprint density at radius 3 is 2.00 bits per heavy atom. The minimum absolute atomic E-state index is 0.125. The molecule has 0 amide bonds. The van der Waals surface area contributed by atoms with Crippen molar-refractivity contribution in [2.75, 3.05) is 14.2 Å². The summed E-state index contributed by atoms with van der Waals surface area (Å²) in [4.78, 5) is 0. The summed E-state index contributed by atoms with van der Waals surface area (Å²) in [6.07, 6.45) is 0. The van der Waals surface area contributed by atoms with Gasteiger partial charge in [0.05, 0.1) is 26.4 Å². The van der Waals surface area contributed by atoms with E-state index in [1.54, 1.807) is 14.2 Å². The smallest absolute Gasteiger partial charge is 0.122 e. The lowest BCUT2D eigenvalue weighted by Crippen LogP contribution is -2.18. The Morgan fingerprint density at radius 2 is 1.40 bits per heavy atom. The molecule has 0 fully saturated rings. The number of ether oxygens (including phenoxy) is 3. The van der Waals surface area contributed by atoms with Gasteiger partial charge in [-0.05, 0) is 49.6 Å². The highest BCUT2D eigenvalue weighted by atomic mass is 16.5. The first kappa shape index (κ1) is 19.3. The van der Waals surface area contributed by atoms with E-state index in [1.807, 2.05) is 18.2 Å². The van der Waals surface area contributed by atoms with Crippen molar-refractivity contribution in [3.05, 3.63) is 59.2 Å². The van der Waals surface area contributed by atoms with Gasteiger partial charge in [-0.3, -0.25) is 0 Å². The number of hydrogen-bond acceptors (Lipinski definition) is 4. The van der Waals surface area contributed by atoms with E-state index >= 15 is 0 Å². The molecule has 4 nitrogen and oxygen atoms in total. The molecular formula is C21H29NO3. The fourth-order valence-corrected chi connectivity index (χ4v) is 2.45. The normalized spacial score (nSPS) is 11.4. The molecule has 0 aliphatic heterocycles. The van der Waals surface area contributed by atoms with Crippen LogP contribution in [0.3, 0.4) is 0 Å². The topological polar surface area (TPSA) is 39.7 Å². The maximum Gasteiger partial charge on any atom is 0.122 e. The van der Waals surface area contributed by atoms with Crippen LogP contribution < -0.4 is 14.8 Å². The van der Waals surface area contributed by atoms with Crippen LogP contribution in [0.25, 0.3) is 0 Å². The highest BCUT2D eigenvalue weighted by Gasteiger charge is 2.10. The number of methoxy groups -OCH3 is 2. The molecule has 25 heavy (non-hydrogen) atoms. The molecule has 0 saturated carbocycles. The summed E-state index contributed by atoms with van der Waals surface area (Å²) in [5, 5.41) is 3.47. The Hall–Kier alpha value is -2.04. The molecule has 0 heterocycles. The first-order valence-electron chi connectivity index (χ1n) is 8.54. The van der Waals surface area contributed by atoms with Gasteiger partial charge < -0.3 is 19.5 Å². The van der Waals surface area contributed by atoms with Crippen LogP contribution in [0.2, 0.25) is 0 Å². The molecule has 2 rings (SSSR count). The van der Waals surface area contributed by atoms with Crippen LogP contribution in [0.4, 0.5) is 0 Å². The van der Waals surface area contributed by atoms with Gasteiger partial charge in [0, 0.05) is 19.2 Å². The number of nitrogens with one attached hydrogen (secondary N) is 1. The van der Waals surface area contributed by atoms with Gasteiger partial charge in [0.1, 0.15) is 11.5 Å². The molecule has 2 aromatic carbocycles. The van der Waals surface area contributed by atoms with Crippen LogP contribution in [0.15, 0.2) is 42.5 Å². The first-order chi connectivity index (χ1) is 11.9. The molecule has 0 spiro atoms. The molecule has 0 saturated heterocycles. The van der Waals surface area contributed by atoms with Crippen molar-refractivity contribution in [1.29, 1.82) is 0 Å². The van der Waals surface area contributed by atoms with Crippen LogP contribution >= 0.6 is 0 Å². The summed E-state index contributed by atoms with van der Waals surface area (Å²) in [7, 11) is 3.33. The van der Waals surface area contributed by atoms with E-state index in [0.717, 1.165) is 30.2 Å². The molecule has 0 radical (unpaired) electrons. The van der Waals surface area contributed by atoms with E-state index in [2.05, 4.69) is 50.4 Å². The minimum Gasteiger partial charge on any atom is -0.497 e. The predicted octanol–water partition coefficient (Wildman–Crippen LogP) is 4.31. The summed E-state index contributed by atoms with van der Waals surface area (Å²) in [5.41, 5.74) is 3.44. The fraction of sp³-hybridized carbons (Fsp3) is 0.429. The maximum absolute atomic E-state index is 5.85. The van der Waals surface area contributed by atoms with E-state index in [1.165, 1.54) is 11.1 Å². The lowest BCUT2D eigenvalue weighted by atomic mass is 10.1. The third-order valence-corrected chi connectivity index (χ3v) is 3.73. The quantitative estimate of drug-likeness (QED) is 0.775. The molecule has 2 aromatic rings. The first-order valence-corrected chi connectivity index (χ1v) is 8.54. The third-order valence-electron chi connectivity index (χ3n) is 3.73. The Balaban J connectivity index is 1.91. The van der Waals surface area contributed by atoms with E-state index in [4.69, 9.17) is 14.2 Å². The molecule has 0 aliphatic carbocycles. The molecule has 0 bridgehead atoms. The SMILES string of the molecule is COc1cc(CNCc2cccc(COC(C)(C)C)c2)cc(OC)c1. The standard InChI is InChI=1S/C21H29NO3/c1-21(2,3)25-15-17-8-6-7-16(9-17)13-22-14-18-10-19(23-4)12-20(11-18)24-5/h6-12,22H,13-15H2,1-5H3. The molecular weight excluding hydrogens is 314 g/mol. The van der Waals surface area contributed by atoms with Crippen molar-refractivity contribution in [3.8, 4) is 11.5 Å². The zero-order valence-corrected chi connectivity index (χ0v) is 15.9. The average Bonchev–Trinajstić information content (AvgIpc) is 2.59. The van der Waals surface area contributed by atoms with Gasteiger partial charge >= 0.3 is 0 Å². The molecule has 0 aromatic heterocycles. The van der Waals surface area contributed by atoms with E-state index in [0.29, 0.717) is 6.61 Å². The summed E-state index contributed by atoms with van der Waals surface area (Å²) in [6.45, 7) is 8.38. The zero-order valence-electron chi connectivity index (χ0n) is 15.9. The van der Waals surface area contributed by atoms with Crippen molar-refractivity contribution in [2.45, 2.75) is 46.1 Å². The highest BCUT2D eigenvalue weighted by molar-refractivity contribution is 5.38. The van der Waals surface area contributed by atoms with Gasteiger partial charge in [0.2, 0.25) is 0 Å². The minimum atomic E-state index is -0.125. The van der Waals surface area contributed by atoms with Crippen molar-refractivity contribution in [2.24, 2.45) is 0 Å². The van der Waals surface area contributed by atoms with E-state index in [9.17, 15) is 0 Å². The van der Waals surface area contributed by atoms with Gasteiger partial charge in [0.25, 0.3) is 0 Å². The van der Waals surface area contributed by atoms with Crippen LogP contribution in [-0.2, 0) is 24.4 Å². The van der Waals surface area contributed by atoms with Crippen LogP contribution in [0.1, 0.15) is 37.5 Å². The van der Waals surface area contributed by atoms with Gasteiger partial charge in [0.15, 0.2) is 0 Å². The molecule has 0 atom stereocenters. The second-order valence-electron chi connectivity index (χ2n) is 7.05. The Labute approximate surface area is 151 Å². The zero-order chi connectivity index (χ0) is 18.3. The Bertz CT molecular complexity index is 655. The molecule has 4 heteroatoms. The van der Waals surface area contributed by atoms with Gasteiger partial charge in [-0.2, -0.15) is 0 Å². The van der Waals surface area contributed by atoms with Gasteiger partial charge in [-0.1, -0.05) is 24.3 Å². The lowest BCUT2D eigenvalue weighted by molar-refractivity contribution is -0.0149. The Morgan fingerprint density at radius 1 is 0.800 bits per heavy atom. The molecule has 0 aliphatic rings. The third kappa shape index (κ3) is 6.77. The van der Waals surface area contributed by atoms with Gasteiger partial charge in [-0.15, -0.1) is 0 Å². The number of benzene rings is 2. The lowest BCUT2D eigenvalue weighted by Gasteiger charge is -2.19. The summed E-state index contributed by atoms with van der Waals surface area (Å²) >= 11 is 0. The average molecular weight is 343 g/mol. The van der Waals surface area contributed by atoms with Crippen molar-refractivity contribution in [3.63, 3.8) is 0 Å². The molecule has 0 unspecified atom stereocenters. The predicted molar refractivity (Wildman–Crippen MR) is 101 cm³/mol. The number of hydrogen-bond donors (Lipinski definition) is 1. The van der Waals surface area contributed by atoms with Crippen LogP contribution in [0.5, 0.6) is 11.5 Å². The van der Waals surface area contributed by atoms with Crippen molar-refractivity contribution < 1.29 is 14.2 Å². The van der Waals surface area contributed by atoms with Crippen molar-refractivity contribution >= 4 is 0 Å². The van der Waals surface area contributed by atoms with Crippen LogP contribution in [0, 0.1) is 0 Å². The Kier molecular flexibility index (Phi) is 6.85. The largest absolute Gasteiger partial charge is 0.497 e. The summed E-state index contributed by atoms with van der Waals surface area (Å²) in [5.74, 6) is 1.61. The highest BCUT2D eigenvalue weighted by Crippen LogP contribution is 2.22. The summed E-state index contributed by atoms with van der Waals surface area (Å²) < 4.78 is 16.5. The van der Waals surface area contributed by atoms with Gasteiger partial charge in [-0.25, -0.2) is 0 Å². The van der Waals surface area contributed by atoms with Crippen LogP contribution in [-0.4, -0.2) is 19.8 Å². The molecule has 1 N–H and O–H groups in total. The number of rotatable bonds is 8. The second kappa shape index (κ2) is 8.88. The molecule has 136 valence electrons. The second-order valence-corrected chi connectivity index (χ2v) is 7.05. The van der Waals surface area contributed by atoms with E-state index in [-0.39, 0.29) is 5.60 Å². The fourth-order valence-electron chi connectivity index (χ4n) is 2.45. The van der Waals surface area contributed by atoms with Crippen molar-refractivity contribution in [1.82, 2.24) is 5.32 Å². The summed E-state index contributed by atoms with van der Waals surface area (Å²) in [6, 6.07) is 14.4.